The maximum Gasteiger partial charge on any atom is 0.243 e. The third kappa shape index (κ3) is 8.54. The minimum Gasteiger partial charge on any atom is -0.352 e. The topological polar surface area (TPSA) is 49.4 Å². The average molecular weight is 525 g/mol. The number of aryl methyl sites for hydroxylation is 1. The molecule has 0 bridgehead atoms. The number of nitrogens with one attached hydrogen (secondary N) is 1. The largest absolute Gasteiger partial charge is 0.352 e. The molecule has 3 aromatic rings. The van der Waals surface area contributed by atoms with Gasteiger partial charge < -0.3 is 10.2 Å². The molecule has 4 nitrogen and oxygen atoms in total. The van der Waals surface area contributed by atoms with E-state index in [2.05, 4.69) is 50.4 Å². The molecule has 206 valence electrons. The van der Waals surface area contributed by atoms with E-state index in [1.807, 2.05) is 65.6 Å². The van der Waals surface area contributed by atoms with Crippen LogP contribution in [0.5, 0.6) is 0 Å². The Morgan fingerprint density at radius 1 is 0.795 bits per heavy atom. The molecular formula is C35H44N2O2. The second-order valence-corrected chi connectivity index (χ2v) is 12.0. The highest BCUT2D eigenvalue weighted by Crippen LogP contribution is 2.23. The summed E-state index contributed by atoms with van der Waals surface area (Å²) in [5, 5.41) is 3.32. The molecule has 0 saturated heterocycles. The van der Waals surface area contributed by atoms with Gasteiger partial charge in [-0.1, -0.05) is 125 Å². The van der Waals surface area contributed by atoms with Gasteiger partial charge in [0.05, 0.1) is 0 Å². The van der Waals surface area contributed by atoms with E-state index in [0.29, 0.717) is 25.8 Å². The summed E-state index contributed by atoms with van der Waals surface area (Å²) in [4.78, 5) is 29.6. The van der Waals surface area contributed by atoms with Gasteiger partial charge in [-0.3, -0.25) is 9.59 Å². The van der Waals surface area contributed by atoms with Gasteiger partial charge in [-0.2, -0.15) is 0 Å². The van der Waals surface area contributed by atoms with Crippen molar-refractivity contribution in [1.29, 1.82) is 0 Å². The fourth-order valence-electron chi connectivity index (χ4n) is 5.44. The maximum absolute atomic E-state index is 13.9. The fraction of sp³-hybridized carbons (Fsp3) is 0.429. The summed E-state index contributed by atoms with van der Waals surface area (Å²) in [6.07, 6.45) is 7.07. The van der Waals surface area contributed by atoms with Gasteiger partial charge in [-0.25, -0.2) is 0 Å². The molecule has 1 N–H and O–H groups in total. The Labute approximate surface area is 234 Å². The number of nitrogens with zero attached hydrogens (tertiary/aromatic N) is 1. The number of amides is 2. The molecule has 1 aliphatic rings. The van der Waals surface area contributed by atoms with E-state index in [4.69, 9.17) is 0 Å². The predicted octanol–water partition coefficient (Wildman–Crippen LogP) is 7.01. The first-order valence-corrected chi connectivity index (χ1v) is 14.6. The quantitative estimate of drug-likeness (QED) is 0.310. The molecule has 1 fully saturated rings. The van der Waals surface area contributed by atoms with E-state index >= 15 is 0 Å². The zero-order valence-electron chi connectivity index (χ0n) is 23.9. The van der Waals surface area contributed by atoms with Crippen molar-refractivity contribution in [3.63, 3.8) is 0 Å². The van der Waals surface area contributed by atoms with Gasteiger partial charge in [0, 0.05) is 25.4 Å². The number of hydrogen-bond acceptors (Lipinski definition) is 2. The molecule has 1 atom stereocenters. The summed E-state index contributed by atoms with van der Waals surface area (Å²) in [5.41, 5.74) is 4.61. The molecule has 1 saturated carbocycles. The van der Waals surface area contributed by atoms with Crippen molar-refractivity contribution >= 4 is 11.8 Å². The normalized spacial score (nSPS) is 14.9. The first kappa shape index (κ1) is 28.6. The molecule has 4 heteroatoms. The first-order valence-electron chi connectivity index (χ1n) is 14.6. The standard InChI is InChI=1S/C35H44N2O2/c1-35(2,3)30-22-19-27(20-23-30)21-24-33(38)37(26-29-15-9-5-10-16-29)32(25-28-13-7-4-8-14-28)34(39)36-31-17-11-6-12-18-31/h4-5,7-10,13-16,19-20,22-23,31-32H,6,11-12,17-18,21,24-26H2,1-3H3,(H,36,39). The van der Waals surface area contributed by atoms with Crippen LogP contribution in [0.15, 0.2) is 84.9 Å². The summed E-state index contributed by atoms with van der Waals surface area (Å²) < 4.78 is 0. The summed E-state index contributed by atoms with van der Waals surface area (Å²) in [6, 6.07) is 28.3. The van der Waals surface area contributed by atoms with Gasteiger partial charge in [0.2, 0.25) is 11.8 Å². The second-order valence-electron chi connectivity index (χ2n) is 12.0. The number of carbonyl (C=O) groups excluding carboxylic acids is 2. The highest BCUT2D eigenvalue weighted by atomic mass is 16.2. The first-order chi connectivity index (χ1) is 18.8. The van der Waals surface area contributed by atoms with Crippen LogP contribution >= 0.6 is 0 Å². The lowest BCUT2D eigenvalue weighted by atomic mass is 9.86. The van der Waals surface area contributed by atoms with E-state index in [9.17, 15) is 9.59 Å². The van der Waals surface area contributed by atoms with Crippen LogP contribution in [-0.2, 0) is 34.4 Å². The maximum atomic E-state index is 13.9. The number of rotatable bonds is 10. The molecule has 1 aliphatic carbocycles. The number of carbonyl (C=O) groups is 2. The van der Waals surface area contributed by atoms with Crippen molar-refractivity contribution in [2.24, 2.45) is 0 Å². The second kappa shape index (κ2) is 13.6. The van der Waals surface area contributed by atoms with Crippen LogP contribution in [0, 0.1) is 0 Å². The van der Waals surface area contributed by atoms with Gasteiger partial charge in [-0.15, -0.1) is 0 Å². The third-order valence-electron chi connectivity index (χ3n) is 7.87. The molecule has 39 heavy (non-hydrogen) atoms. The van der Waals surface area contributed by atoms with Gasteiger partial charge in [0.25, 0.3) is 0 Å². The van der Waals surface area contributed by atoms with Crippen LogP contribution in [0.2, 0.25) is 0 Å². The smallest absolute Gasteiger partial charge is 0.243 e. The van der Waals surface area contributed by atoms with Crippen LogP contribution in [0.4, 0.5) is 0 Å². The molecule has 0 aromatic heterocycles. The van der Waals surface area contributed by atoms with Crippen molar-refractivity contribution in [2.75, 3.05) is 0 Å². The number of hydrogen-bond donors (Lipinski definition) is 1. The van der Waals surface area contributed by atoms with Gasteiger partial charge in [0.15, 0.2) is 0 Å². The average Bonchev–Trinajstić information content (AvgIpc) is 2.95. The highest BCUT2D eigenvalue weighted by Gasteiger charge is 2.31. The Morgan fingerprint density at radius 3 is 1.97 bits per heavy atom. The van der Waals surface area contributed by atoms with Crippen LogP contribution in [0.3, 0.4) is 0 Å². The zero-order valence-corrected chi connectivity index (χ0v) is 23.9. The Hall–Kier alpha value is -3.40. The fourth-order valence-corrected chi connectivity index (χ4v) is 5.44. The van der Waals surface area contributed by atoms with Gasteiger partial charge in [0.1, 0.15) is 6.04 Å². The molecule has 0 radical (unpaired) electrons. The van der Waals surface area contributed by atoms with Gasteiger partial charge in [-0.05, 0) is 46.9 Å². The van der Waals surface area contributed by atoms with Crippen LogP contribution in [0.1, 0.15) is 81.5 Å². The van der Waals surface area contributed by atoms with E-state index in [1.165, 1.54) is 12.0 Å². The minimum absolute atomic E-state index is 0.0125. The molecular weight excluding hydrogens is 480 g/mol. The van der Waals surface area contributed by atoms with Crippen molar-refractivity contribution in [2.45, 2.75) is 96.2 Å². The molecule has 3 aromatic carbocycles. The van der Waals surface area contributed by atoms with E-state index in [-0.39, 0.29) is 23.3 Å². The molecule has 1 unspecified atom stereocenters. The third-order valence-corrected chi connectivity index (χ3v) is 7.87. The Morgan fingerprint density at radius 2 is 1.38 bits per heavy atom. The van der Waals surface area contributed by atoms with Crippen molar-refractivity contribution in [3.05, 3.63) is 107 Å². The highest BCUT2D eigenvalue weighted by molar-refractivity contribution is 5.88. The van der Waals surface area contributed by atoms with Crippen LogP contribution in [-0.4, -0.2) is 28.8 Å². The predicted molar refractivity (Wildman–Crippen MR) is 159 cm³/mol. The molecule has 0 aliphatic heterocycles. The van der Waals surface area contributed by atoms with E-state index < -0.39 is 6.04 Å². The van der Waals surface area contributed by atoms with E-state index in [1.54, 1.807) is 0 Å². The summed E-state index contributed by atoms with van der Waals surface area (Å²) in [6.45, 7) is 7.03. The SMILES string of the molecule is CC(C)(C)c1ccc(CCC(=O)N(Cc2ccccc2)C(Cc2ccccc2)C(=O)NC2CCCCC2)cc1. The van der Waals surface area contributed by atoms with Crippen molar-refractivity contribution < 1.29 is 9.59 Å². The Kier molecular flexibility index (Phi) is 9.97. The zero-order chi connectivity index (χ0) is 27.7. The van der Waals surface area contributed by atoms with Crippen LogP contribution in [0.25, 0.3) is 0 Å². The molecule has 4 rings (SSSR count). The summed E-state index contributed by atoms with van der Waals surface area (Å²) in [5.74, 6) is -0.0250. The number of benzene rings is 3. The van der Waals surface area contributed by atoms with Crippen molar-refractivity contribution in [3.8, 4) is 0 Å². The lowest BCUT2D eigenvalue weighted by Crippen LogP contribution is -2.52. The Balaban J connectivity index is 1.56. The van der Waals surface area contributed by atoms with E-state index in [0.717, 1.165) is 42.4 Å². The summed E-state index contributed by atoms with van der Waals surface area (Å²) in [7, 11) is 0. The Bertz CT molecular complexity index is 1180. The summed E-state index contributed by atoms with van der Waals surface area (Å²) >= 11 is 0. The monoisotopic (exact) mass is 524 g/mol. The van der Waals surface area contributed by atoms with Crippen LogP contribution < -0.4 is 5.32 Å². The lowest BCUT2D eigenvalue weighted by Gasteiger charge is -2.33. The molecule has 2 amide bonds. The van der Waals surface area contributed by atoms with Gasteiger partial charge >= 0.3 is 0 Å². The molecule has 0 heterocycles. The van der Waals surface area contributed by atoms with Crippen molar-refractivity contribution in [1.82, 2.24) is 10.2 Å². The lowest BCUT2D eigenvalue weighted by molar-refractivity contribution is -0.141. The molecule has 0 spiro atoms. The minimum atomic E-state index is -0.565.